The fourth-order valence-electron chi connectivity index (χ4n) is 1.86. The molecule has 1 atom stereocenters. The molecule has 0 fully saturated rings. The van der Waals surface area contributed by atoms with E-state index in [1.165, 1.54) is 0 Å². The maximum atomic E-state index is 10.4. The van der Waals surface area contributed by atoms with E-state index in [4.69, 9.17) is 23.2 Å². The minimum Gasteiger partial charge on any atom is -0.382 e. The molecule has 0 amide bonds. The van der Waals surface area contributed by atoms with Gasteiger partial charge in [-0.2, -0.15) is 5.10 Å². The number of aliphatic hydroxyl groups excluding tert-OH is 1. The molecule has 5 heteroatoms. The molecule has 0 aliphatic carbocycles. The summed E-state index contributed by atoms with van der Waals surface area (Å²) in [5.41, 5.74) is 1.32. The Bertz CT molecular complexity index is 540. The smallest absolute Gasteiger partial charge is 0.122 e. The number of hydrogen-bond donors (Lipinski definition) is 1. The Morgan fingerprint density at radius 2 is 2.11 bits per heavy atom. The van der Waals surface area contributed by atoms with E-state index < -0.39 is 6.10 Å². The Hall–Kier alpha value is -1.03. The molecule has 0 spiro atoms. The van der Waals surface area contributed by atoms with Gasteiger partial charge in [0.05, 0.1) is 5.69 Å². The van der Waals surface area contributed by atoms with E-state index in [-0.39, 0.29) is 0 Å². The molecular weight excluding hydrogens is 271 g/mol. The second-order valence-electron chi connectivity index (χ2n) is 4.05. The van der Waals surface area contributed by atoms with E-state index in [0.717, 1.165) is 18.7 Å². The highest BCUT2D eigenvalue weighted by Gasteiger charge is 2.18. The zero-order chi connectivity index (χ0) is 13.1. The summed E-state index contributed by atoms with van der Waals surface area (Å²) in [4.78, 5) is 0. The standard InChI is InChI=1S/C13H14Cl2N2O/c1-2-7-17-12(5-6-16-17)13(18)10-8-9(14)3-4-11(10)15/h3-6,8,13,18H,2,7H2,1H3. The predicted octanol–water partition coefficient (Wildman–Crippen LogP) is 3.68. The average molecular weight is 285 g/mol. The number of halogens is 2. The maximum Gasteiger partial charge on any atom is 0.122 e. The predicted molar refractivity (Wildman–Crippen MR) is 73.0 cm³/mol. The van der Waals surface area contributed by atoms with E-state index in [1.807, 2.05) is 0 Å². The van der Waals surface area contributed by atoms with E-state index in [2.05, 4.69) is 12.0 Å². The van der Waals surface area contributed by atoms with Crippen LogP contribution < -0.4 is 0 Å². The number of aryl methyl sites for hydroxylation is 1. The van der Waals surface area contributed by atoms with E-state index >= 15 is 0 Å². The van der Waals surface area contributed by atoms with Crippen LogP contribution in [0.15, 0.2) is 30.5 Å². The minimum atomic E-state index is -0.815. The van der Waals surface area contributed by atoms with Gasteiger partial charge in [-0.1, -0.05) is 30.1 Å². The molecule has 96 valence electrons. The summed E-state index contributed by atoms with van der Waals surface area (Å²) in [5, 5.41) is 15.6. The Labute approximate surface area is 116 Å². The zero-order valence-electron chi connectivity index (χ0n) is 9.98. The first-order chi connectivity index (χ1) is 8.63. The topological polar surface area (TPSA) is 38.0 Å². The average Bonchev–Trinajstić information content (AvgIpc) is 2.80. The van der Waals surface area contributed by atoms with Crippen LogP contribution in [0.25, 0.3) is 0 Å². The Morgan fingerprint density at radius 3 is 2.83 bits per heavy atom. The van der Waals surface area contributed by atoms with Gasteiger partial charge in [0.15, 0.2) is 0 Å². The molecule has 0 bridgehead atoms. The largest absolute Gasteiger partial charge is 0.382 e. The molecule has 1 aromatic heterocycles. The van der Waals surface area contributed by atoms with Crippen LogP contribution in [0.2, 0.25) is 10.0 Å². The van der Waals surface area contributed by atoms with Crippen molar-refractivity contribution in [3.63, 3.8) is 0 Å². The van der Waals surface area contributed by atoms with Gasteiger partial charge in [-0.05, 0) is 30.7 Å². The Balaban J connectivity index is 2.38. The number of benzene rings is 1. The lowest BCUT2D eigenvalue weighted by atomic mass is 10.1. The van der Waals surface area contributed by atoms with Crippen molar-refractivity contribution in [2.24, 2.45) is 0 Å². The SMILES string of the molecule is CCCn1nccc1C(O)c1cc(Cl)ccc1Cl. The summed E-state index contributed by atoms with van der Waals surface area (Å²) < 4.78 is 1.78. The van der Waals surface area contributed by atoms with E-state index in [9.17, 15) is 5.11 Å². The fraction of sp³-hybridized carbons (Fsp3) is 0.308. The lowest BCUT2D eigenvalue weighted by Gasteiger charge is -2.15. The molecule has 1 unspecified atom stereocenters. The van der Waals surface area contributed by atoms with Gasteiger partial charge in [0.1, 0.15) is 6.10 Å². The van der Waals surface area contributed by atoms with Crippen molar-refractivity contribution in [1.82, 2.24) is 9.78 Å². The van der Waals surface area contributed by atoms with E-state index in [1.54, 1.807) is 35.1 Å². The molecule has 2 aromatic rings. The number of rotatable bonds is 4. The third-order valence-electron chi connectivity index (χ3n) is 2.72. The highest BCUT2D eigenvalue weighted by Crippen LogP contribution is 2.30. The summed E-state index contributed by atoms with van der Waals surface area (Å²) in [7, 11) is 0. The van der Waals surface area contributed by atoms with Gasteiger partial charge in [-0.3, -0.25) is 4.68 Å². The molecule has 1 aromatic carbocycles. The summed E-state index contributed by atoms with van der Waals surface area (Å²) >= 11 is 12.0. The van der Waals surface area contributed by atoms with Crippen LogP contribution in [0.1, 0.15) is 30.7 Å². The molecule has 0 radical (unpaired) electrons. The van der Waals surface area contributed by atoms with Gasteiger partial charge in [0.2, 0.25) is 0 Å². The van der Waals surface area contributed by atoms with Crippen molar-refractivity contribution in [3.8, 4) is 0 Å². The van der Waals surface area contributed by atoms with Gasteiger partial charge in [0, 0.05) is 28.4 Å². The lowest BCUT2D eigenvalue weighted by Crippen LogP contribution is -2.10. The van der Waals surface area contributed by atoms with Crippen LogP contribution >= 0.6 is 23.2 Å². The van der Waals surface area contributed by atoms with Crippen LogP contribution in [0.5, 0.6) is 0 Å². The van der Waals surface area contributed by atoms with Crippen LogP contribution in [0.3, 0.4) is 0 Å². The first-order valence-corrected chi connectivity index (χ1v) is 6.53. The highest BCUT2D eigenvalue weighted by atomic mass is 35.5. The summed E-state index contributed by atoms with van der Waals surface area (Å²) in [5.74, 6) is 0. The highest BCUT2D eigenvalue weighted by molar-refractivity contribution is 6.33. The maximum absolute atomic E-state index is 10.4. The molecule has 0 saturated heterocycles. The van der Waals surface area contributed by atoms with Crippen LogP contribution in [0.4, 0.5) is 0 Å². The van der Waals surface area contributed by atoms with Gasteiger partial charge >= 0.3 is 0 Å². The van der Waals surface area contributed by atoms with Gasteiger partial charge in [-0.15, -0.1) is 0 Å². The monoisotopic (exact) mass is 284 g/mol. The zero-order valence-corrected chi connectivity index (χ0v) is 11.5. The quantitative estimate of drug-likeness (QED) is 0.930. The summed E-state index contributed by atoms with van der Waals surface area (Å²) in [6.07, 6.45) is 1.81. The molecule has 1 N–H and O–H groups in total. The van der Waals surface area contributed by atoms with Crippen LogP contribution in [-0.2, 0) is 6.54 Å². The van der Waals surface area contributed by atoms with Crippen molar-refractivity contribution in [1.29, 1.82) is 0 Å². The van der Waals surface area contributed by atoms with Crippen LogP contribution in [0, 0.1) is 0 Å². The third-order valence-corrected chi connectivity index (χ3v) is 3.30. The summed E-state index contributed by atoms with van der Waals surface area (Å²) in [6.45, 7) is 2.82. The second-order valence-corrected chi connectivity index (χ2v) is 4.89. The normalized spacial score (nSPS) is 12.7. The number of aliphatic hydroxyl groups is 1. The fourth-order valence-corrected chi connectivity index (χ4v) is 2.26. The molecule has 18 heavy (non-hydrogen) atoms. The first kappa shape index (κ1) is 13.4. The van der Waals surface area contributed by atoms with Gasteiger partial charge in [-0.25, -0.2) is 0 Å². The number of hydrogen-bond acceptors (Lipinski definition) is 2. The van der Waals surface area contributed by atoms with Crippen molar-refractivity contribution in [2.75, 3.05) is 0 Å². The molecule has 2 rings (SSSR count). The number of aromatic nitrogens is 2. The van der Waals surface area contributed by atoms with Crippen molar-refractivity contribution < 1.29 is 5.11 Å². The number of nitrogens with zero attached hydrogens (tertiary/aromatic N) is 2. The third kappa shape index (κ3) is 2.69. The Kier molecular flexibility index (Phi) is 4.27. The molecule has 0 aliphatic rings. The summed E-state index contributed by atoms with van der Waals surface area (Å²) in [6, 6.07) is 6.85. The van der Waals surface area contributed by atoms with Gasteiger partial charge < -0.3 is 5.11 Å². The van der Waals surface area contributed by atoms with Crippen molar-refractivity contribution >= 4 is 23.2 Å². The minimum absolute atomic E-state index is 0.496. The van der Waals surface area contributed by atoms with Crippen molar-refractivity contribution in [3.05, 3.63) is 51.8 Å². The molecule has 3 nitrogen and oxygen atoms in total. The van der Waals surface area contributed by atoms with Crippen molar-refractivity contribution in [2.45, 2.75) is 26.0 Å². The van der Waals surface area contributed by atoms with Gasteiger partial charge in [0.25, 0.3) is 0 Å². The molecule has 0 saturated carbocycles. The molecular formula is C13H14Cl2N2O. The molecule has 0 aliphatic heterocycles. The molecule has 1 heterocycles. The lowest BCUT2D eigenvalue weighted by molar-refractivity contribution is 0.207. The van der Waals surface area contributed by atoms with E-state index in [0.29, 0.717) is 15.6 Å². The second kappa shape index (κ2) is 5.74. The van der Waals surface area contributed by atoms with Crippen LogP contribution in [-0.4, -0.2) is 14.9 Å². The first-order valence-electron chi connectivity index (χ1n) is 5.78. The Morgan fingerprint density at radius 1 is 1.33 bits per heavy atom.